The Morgan fingerprint density at radius 3 is 2.59 bits per heavy atom. The molecule has 1 saturated carbocycles. The molecule has 1 aromatic carbocycles. The summed E-state index contributed by atoms with van der Waals surface area (Å²) in [7, 11) is 0. The molecule has 0 amide bonds. The van der Waals surface area contributed by atoms with Gasteiger partial charge in [0.15, 0.2) is 0 Å². The number of tetrazole rings is 1. The maximum atomic E-state index is 4.36. The Balaban J connectivity index is 1.56. The number of rotatable bonds is 8. The van der Waals surface area contributed by atoms with Crippen molar-refractivity contribution in [1.82, 2.24) is 20.2 Å². The largest absolute Gasteiger partial charge is 0.371 e. The van der Waals surface area contributed by atoms with E-state index in [2.05, 4.69) is 44.7 Å². The van der Waals surface area contributed by atoms with Gasteiger partial charge in [0, 0.05) is 25.3 Å². The lowest BCUT2D eigenvalue weighted by molar-refractivity contribution is 0.535. The summed E-state index contributed by atoms with van der Waals surface area (Å²) < 4.78 is 0. The molecule has 2 aromatic rings. The van der Waals surface area contributed by atoms with Crippen LogP contribution in [0.1, 0.15) is 62.6 Å². The summed E-state index contributed by atoms with van der Waals surface area (Å²) in [6.07, 6.45) is 9.30. The average molecular weight is 369 g/mol. The van der Waals surface area contributed by atoms with Gasteiger partial charge in [-0.05, 0) is 79.8 Å². The number of nitrogens with one attached hydrogen (secondary N) is 1. The van der Waals surface area contributed by atoms with Gasteiger partial charge < -0.3 is 10.2 Å². The first-order valence-electron chi connectivity index (χ1n) is 10.7. The van der Waals surface area contributed by atoms with Gasteiger partial charge in [0.25, 0.3) is 5.95 Å². The van der Waals surface area contributed by atoms with Crippen LogP contribution in [-0.4, -0.2) is 33.3 Å². The van der Waals surface area contributed by atoms with Crippen molar-refractivity contribution in [2.24, 2.45) is 5.92 Å². The second-order valence-electron chi connectivity index (χ2n) is 7.95. The van der Waals surface area contributed by atoms with Crippen LogP contribution >= 0.6 is 0 Å². The van der Waals surface area contributed by atoms with E-state index in [-0.39, 0.29) is 0 Å². The summed E-state index contributed by atoms with van der Waals surface area (Å²) >= 11 is 0. The average Bonchev–Trinajstić information content (AvgIpc) is 3.45. The van der Waals surface area contributed by atoms with Crippen LogP contribution in [0.4, 0.5) is 11.6 Å². The predicted molar refractivity (Wildman–Crippen MR) is 109 cm³/mol. The first-order valence-corrected chi connectivity index (χ1v) is 10.7. The molecule has 1 aromatic heterocycles. The van der Waals surface area contributed by atoms with Gasteiger partial charge in [0.2, 0.25) is 0 Å². The molecule has 27 heavy (non-hydrogen) atoms. The van der Waals surface area contributed by atoms with E-state index in [0.717, 1.165) is 25.6 Å². The lowest BCUT2D eigenvalue weighted by atomic mass is 10.0. The Bertz CT molecular complexity index is 762. The normalized spacial score (nSPS) is 16.7. The maximum Gasteiger partial charge on any atom is 0.263 e. The van der Waals surface area contributed by atoms with Crippen molar-refractivity contribution in [2.75, 3.05) is 23.3 Å². The molecule has 0 radical (unpaired) electrons. The first-order chi connectivity index (χ1) is 13.3. The minimum atomic E-state index is 0.613. The fourth-order valence-electron chi connectivity index (χ4n) is 4.62. The third-order valence-electron chi connectivity index (χ3n) is 6.14. The predicted octanol–water partition coefficient (Wildman–Crippen LogP) is 3.81. The summed E-state index contributed by atoms with van der Waals surface area (Å²) in [5.74, 6) is 1.47. The smallest absolute Gasteiger partial charge is 0.263 e. The highest BCUT2D eigenvalue weighted by Gasteiger charge is 2.22. The second kappa shape index (κ2) is 8.28. The summed E-state index contributed by atoms with van der Waals surface area (Å²) in [4.78, 5) is 4.21. The Morgan fingerprint density at radius 1 is 1.11 bits per heavy atom. The number of benzene rings is 1. The molecule has 0 aliphatic heterocycles. The standard InChI is InChI=1S/C21H32N6/c1-3-26(15-16-8-5-6-9-16)20-13-18-11-7-10-17(18)12-19(20)14-22-21-23-25-27(4-2)24-21/h12-13,16H,3-11,14-15H2,1-2H3,(H,22,24). The summed E-state index contributed by atoms with van der Waals surface area (Å²) in [6.45, 7) is 8.04. The zero-order valence-corrected chi connectivity index (χ0v) is 16.7. The first kappa shape index (κ1) is 18.3. The van der Waals surface area contributed by atoms with Gasteiger partial charge in [0.05, 0.1) is 6.54 Å². The number of hydrogen-bond acceptors (Lipinski definition) is 5. The zero-order chi connectivity index (χ0) is 18.6. The van der Waals surface area contributed by atoms with E-state index < -0.39 is 0 Å². The van der Waals surface area contributed by atoms with Crippen LogP contribution in [0.5, 0.6) is 0 Å². The van der Waals surface area contributed by atoms with E-state index in [1.54, 1.807) is 10.4 Å². The van der Waals surface area contributed by atoms with Crippen molar-refractivity contribution in [1.29, 1.82) is 0 Å². The van der Waals surface area contributed by atoms with E-state index in [0.29, 0.717) is 5.95 Å². The second-order valence-corrected chi connectivity index (χ2v) is 7.95. The number of aryl methyl sites for hydroxylation is 3. The molecule has 1 fully saturated rings. The molecule has 4 rings (SSSR count). The maximum absolute atomic E-state index is 4.36. The molecule has 6 heteroatoms. The van der Waals surface area contributed by atoms with E-state index in [1.165, 1.54) is 68.3 Å². The Kier molecular flexibility index (Phi) is 5.60. The molecule has 0 atom stereocenters. The minimum absolute atomic E-state index is 0.613. The van der Waals surface area contributed by atoms with Crippen LogP contribution < -0.4 is 10.2 Å². The molecule has 146 valence electrons. The third-order valence-corrected chi connectivity index (χ3v) is 6.14. The molecule has 2 aliphatic carbocycles. The van der Waals surface area contributed by atoms with Gasteiger partial charge in [-0.3, -0.25) is 0 Å². The van der Waals surface area contributed by atoms with Crippen LogP contribution in [-0.2, 0) is 25.9 Å². The Morgan fingerprint density at radius 2 is 1.89 bits per heavy atom. The van der Waals surface area contributed by atoms with Crippen LogP contribution in [0.3, 0.4) is 0 Å². The number of hydrogen-bond donors (Lipinski definition) is 1. The van der Waals surface area contributed by atoms with Gasteiger partial charge in [-0.25, -0.2) is 0 Å². The number of fused-ring (bicyclic) bond motifs is 1. The monoisotopic (exact) mass is 368 g/mol. The fourth-order valence-corrected chi connectivity index (χ4v) is 4.62. The highest BCUT2D eigenvalue weighted by atomic mass is 15.6. The number of aromatic nitrogens is 4. The van der Waals surface area contributed by atoms with Crippen LogP contribution in [0.25, 0.3) is 0 Å². The van der Waals surface area contributed by atoms with Crippen molar-refractivity contribution >= 4 is 11.6 Å². The Labute approximate surface area is 162 Å². The van der Waals surface area contributed by atoms with Crippen molar-refractivity contribution in [3.63, 3.8) is 0 Å². The molecular weight excluding hydrogens is 336 g/mol. The Hall–Kier alpha value is -2.11. The topological polar surface area (TPSA) is 58.9 Å². The quantitative estimate of drug-likeness (QED) is 0.768. The van der Waals surface area contributed by atoms with Crippen LogP contribution in [0, 0.1) is 5.92 Å². The molecule has 0 bridgehead atoms. The van der Waals surface area contributed by atoms with Gasteiger partial charge in [-0.2, -0.15) is 4.80 Å². The highest BCUT2D eigenvalue weighted by molar-refractivity contribution is 5.59. The lowest BCUT2D eigenvalue weighted by Gasteiger charge is -2.29. The number of nitrogens with zero attached hydrogens (tertiary/aromatic N) is 5. The molecule has 0 saturated heterocycles. The van der Waals surface area contributed by atoms with Crippen molar-refractivity contribution in [2.45, 2.75) is 71.9 Å². The summed E-state index contributed by atoms with van der Waals surface area (Å²) in [6, 6.07) is 4.89. The molecule has 2 aliphatic rings. The molecule has 1 heterocycles. The van der Waals surface area contributed by atoms with E-state index in [1.807, 2.05) is 6.92 Å². The minimum Gasteiger partial charge on any atom is -0.371 e. The van der Waals surface area contributed by atoms with Crippen molar-refractivity contribution in [3.8, 4) is 0 Å². The van der Waals surface area contributed by atoms with E-state index >= 15 is 0 Å². The molecular formula is C21H32N6. The highest BCUT2D eigenvalue weighted by Crippen LogP contribution is 2.33. The third kappa shape index (κ3) is 4.09. The molecule has 0 spiro atoms. The molecule has 0 unspecified atom stereocenters. The van der Waals surface area contributed by atoms with Crippen LogP contribution in [0.2, 0.25) is 0 Å². The van der Waals surface area contributed by atoms with E-state index in [9.17, 15) is 0 Å². The molecule has 1 N–H and O–H groups in total. The SMILES string of the molecule is CCN(CC1CCCC1)c1cc2c(cc1CNc1nnn(CC)n1)CCC2. The lowest BCUT2D eigenvalue weighted by Crippen LogP contribution is -2.29. The zero-order valence-electron chi connectivity index (χ0n) is 16.7. The van der Waals surface area contributed by atoms with Crippen molar-refractivity contribution in [3.05, 3.63) is 28.8 Å². The van der Waals surface area contributed by atoms with Crippen LogP contribution in [0.15, 0.2) is 12.1 Å². The van der Waals surface area contributed by atoms with Crippen molar-refractivity contribution < 1.29 is 0 Å². The van der Waals surface area contributed by atoms with Gasteiger partial charge in [-0.1, -0.05) is 24.0 Å². The van der Waals surface area contributed by atoms with Gasteiger partial charge in [0.1, 0.15) is 0 Å². The summed E-state index contributed by atoms with van der Waals surface area (Å²) in [5, 5.41) is 15.9. The van der Waals surface area contributed by atoms with E-state index in [4.69, 9.17) is 0 Å². The summed E-state index contributed by atoms with van der Waals surface area (Å²) in [5.41, 5.74) is 5.84. The fraction of sp³-hybridized carbons (Fsp3) is 0.667. The molecule has 6 nitrogen and oxygen atoms in total. The van der Waals surface area contributed by atoms with Gasteiger partial charge in [-0.15, -0.1) is 5.10 Å². The number of anilines is 2. The van der Waals surface area contributed by atoms with Gasteiger partial charge >= 0.3 is 0 Å².